The molecule has 3 rings (SSSR count). The van der Waals surface area contributed by atoms with E-state index in [2.05, 4.69) is 20.2 Å². The molecule has 6 heteroatoms. The third kappa shape index (κ3) is 4.71. The summed E-state index contributed by atoms with van der Waals surface area (Å²) in [5, 5.41) is 2.95. The topological polar surface area (TPSA) is 67.3 Å². The lowest BCUT2D eigenvalue weighted by molar-refractivity contribution is 0.0948. The zero-order chi connectivity index (χ0) is 18.4. The number of hydrogen-bond donors (Lipinski definition) is 1. The number of piperidine rings is 1. The number of nitrogens with one attached hydrogen (secondary N) is 1. The van der Waals surface area contributed by atoms with Crippen molar-refractivity contribution >= 4 is 11.7 Å². The Balaban J connectivity index is 1.59. The van der Waals surface area contributed by atoms with Crippen molar-refractivity contribution in [2.75, 3.05) is 31.6 Å². The summed E-state index contributed by atoms with van der Waals surface area (Å²) < 4.78 is 5.15. The predicted molar refractivity (Wildman–Crippen MR) is 102 cm³/mol. The maximum absolute atomic E-state index is 12.5. The van der Waals surface area contributed by atoms with E-state index in [9.17, 15) is 4.79 Å². The van der Waals surface area contributed by atoms with Crippen molar-refractivity contribution in [1.29, 1.82) is 0 Å². The zero-order valence-corrected chi connectivity index (χ0v) is 15.5. The highest BCUT2D eigenvalue weighted by atomic mass is 16.5. The van der Waals surface area contributed by atoms with Crippen LogP contribution in [0.3, 0.4) is 0 Å². The smallest absolute Gasteiger partial charge is 0.270 e. The van der Waals surface area contributed by atoms with Gasteiger partial charge in [-0.15, -0.1) is 0 Å². The van der Waals surface area contributed by atoms with E-state index < -0.39 is 0 Å². The molecule has 0 atom stereocenters. The number of methoxy groups -OCH3 is 1. The molecule has 26 heavy (non-hydrogen) atoms. The zero-order valence-electron chi connectivity index (χ0n) is 15.5. The third-order valence-corrected chi connectivity index (χ3v) is 4.60. The van der Waals surface area contributed by atoms with E-state index in [-0.39, 0.29) is 5.91 Å². The van der Waals surface area contributed by atoms with E-state index in [1.807, 2.05) is 31.2 Å². The number of benzene rings is 1. The average molecular weight is 354 g/mol. The SMILES string of the molecule is COc1ccc(CCNC(=O)c2cc(N3CCCCC3)nc(C)n2)cc1. The van der Waals surface area contributed by atoms with Gasteiger partial charge >= 0.3 is 0 Å². The lowest BCUT2D eigenvalue weighted by atomic mass is 10.1. The quantitative estimate of drug-likeness (QED) is 0.864. The Kier molecular flexibility index (Phi) is 6.04. The molecule has 1 aliphatic rings. The van der Waals surface area contributed by atoms with Gasteiger partial charge in [0.1, 0.15) is 23.1 Å². The fourth-order valence-electron chi connectivity index (χ4n) is 3.16. The van der Waals surface area contributed by atoms with Crippen LogP contribution in [-0.4, -0.2) is 42.6 Å². The van der Waals surface area contributed by atoms with E-state index in [1.54, 1.807) is 13.2 Å². The van der Waals surface area contributed by atoms with Gasteiger partial charge in [0.15, 0.2) is 0 Å². The Bertz CT molecular complexity index is 740. The molecule has 2 heterocycles. The molecule has 1 N–H and O–H groups in total. The number of aryl methyl sites for hydroxylation is 1. The molecule has 2 aromatic rings. The molecular formula is C20H26N4O2. The van der Waals surface area contributed by atoms with E-state index in [0.29, 0.717) is 18.1 Å². The maximum atomic E-state index is 12.5. The molecule has 138 valence electrons. The lowest BCUT2D eigenvalue weighted by Crippen LogP contribution is -2.32. The van der Waals surface area contributed by atoms with Crippen LogP contribution in [0.2, 0.25) is 0 Å². The fraction of sp³-hybridized carbons (Fsp3) is 0.450. The Morgan fingerprint density at radius 3 is 2.58 bits per heavy atom. The van der Waals surface area contributed by atoms with E-state index in [0.717, 1.165) is 36.6 Å². The minimum Gasteiger partial charge on any atom is -0.497 e. The molecule has 6 nitrogen and oxygen atoms in total. The Morgan fingerprint density at radius 1 is 1.15 bits per heavy atom. The summed E-state index contributed by atoms with van der Waals surface area (Å²) in [6, 6.07) is 9.68. The van der Waals surface area contributed by atoms with Crippen LogP contribution in [0.25, 0.3) is 0 Å². The standard InChI is InChI=1S/C20H26N4O2/c1-15-22-18(14-19(23-15)24-12-4-3-5-13-24)20(25)21-11-10-16-6-8-17(26-2)9-7-16/h6-9,14H,3-5,10-13H2,1-2H3,(H,21,25). The Labute approximate surface area is 154 Å². The predicted octanol–water partition coefficient (Wildman–Crippen LogP) is 2.76. The number of anilines is 1. The van der Waals surface area contributed by atoms with Crippen LogP contribution in [0.1, 0.15) is 41.1 Å². The maximum Gasteiger partial charge on any atom is 0.270 e. The molecule has 1 fully saturated rings. The number of nitrogens with zero attached hydrogens (tertiary/aromatic N) is 3. The largest absolute Gasteiger partial charge is 0.497 e. The third-order valence-electron chi connectivity index (χ3n) is 4.60. The number of ether oxygens (including phenoxy) is 1. The number of carbonyl (C=O) groups is 1. The monoisotopic (exact) mass is 354 g/mol. The summed E-state index contributed by atoms with van der Waals surface area (Å²) >= 11 is 0. The van der Waals surface area contributed by atoms with E-state index >= 15 is 0 Å². The number of rotatable bonds is 6. The summed E-state index contributed by atoms with van der Waals surface area (Å²) in [6.45, 7) is 4.39. The van der Waals surface area contributed by atoms with Crippen LogP contribution in [0.15, 0.2) is 30.3 Å². The summed E-state index contributed by atoms with van der Waals surface area (Å²) in [5.41, 5.74) is 1.59. The van der Waals surface area contributed by atoms with Crippen LogP contribution >= 0.6 is 0 Å². The average Bonchev–Trinajstić information content (AvgIpc) is 2.68. The molecule has 0 aliphatic carbocycles. The first-order chi connectivity index (χ1) is 12.7. The Morgan fingerprint density at radius 2 is 1.88 bits per heavy atom. The highest BCUT2D eigenvalue weighted by Crippen LogP contribution is 2.18. The molecule has 0 saturated carbocycles. The number of hydrogen-bond acceptors (Lipinski definition) is 5. The van der Waals surface area contributed by atoms with Crippen LogP contribution in [0, 0.1) is 6.92 Å². The number of amides is 1. The second-order valence-corrected chi connectivity index (χ2v) is 6.56. The number of carbonyl (C=O) groups excluding carboxylic acids is 1. The summed E-state index contributed by atoms with van der Waals surface area (Å²) in [4.78, 5) is 23.5. The van der Waals surface area contributed by atoms with Crippen molar-refractivity contribution in [3.8, 4) is 5.75 Å². The van der Waals surface area contributed by atoms with Crippen molar-refractivity contribution in [2.24, 2.45) is 0 Å². The second kappa shape index (κ2) is 8.65. The van der Waals surface area contributed by atoms with Crippen LogP contribution < -0.4 is 15.0 Å². The van der Waals surface area contributed by atoms with Gasteiger partial charge < -0.3 is 15.0 Å². The molecule has 0 bridgehead atoms. The first kappa shape index (κ1) is 18.2. The minimum absolute atomic E-state index is 0.151. The van der Waals surface area contributed by atoms with Gasteiger partial charge in [-0.25, -0.2) is 9.97 Å². The summed E-state index contributed by atoms with van der Waals surface area (Å²) in [7, 11) is 1.65. The van der Waals surface area contributed by atoms with Gasteiger partial charge in [0.05, 0.1) is 7.11 Å². The van der Waals surface area contributed by atoms with Gasteiger partial charge in [-0.05, 0) is 50.3 Å². The van der Waals surface area contributed by atoms with Crippen LogP contribution in [0.4, 0.5) is 5.82 Å². The van der Waals surface area contributed by atoms with Crippen molar-refractivity contribution < 1.29 is 9.53 Å². The van der Waals surface area contributed by atoms with E-state index in [1.165, 1.54) is 19.3 Å². The van der Waals surface area contributed by atoms with Gasteiger partial charge in [0.25, 0.3) is 5.91 Å². The summed E-state index contributed by atoms with van der Waals surface area (Å²) in [5.74, 6) is 2.17. The Hall–Kier alpha value is -2.63. The lowest BCUT2D eigenvalue weighted by Gasteiger charge is -2.28. The number of aromatic nitrogens is 2. The van der Waals surface area contributed by atoms with Crippen molar-refractivity contribution in [3.63, 3.8) is 0 Å². The molecule has 0 radical (unpaired) electrons. The fourth-order valence-corrected chi connectivity index (χ4v) is 3.16. The molecule has 1 saturated heterocycles. The van der Waals surface area contributed by atoms with E-state index in [4.69, 9.17) is 4.74 Å². The summed E-state index contributed by atoms with van der Waals surface area (Å²) in [6.07, 6.45) is 4.37. The van der Waals surface area contributed by atoms with Gasteiger partial charge in [0, 0.05) is 25.7 Å². The first-order valence-corrected chi connectivity index (χ1v) is 9.17. The van der Waals surface area contributed by atoms with Gasteiger partial charge in [0.2, 0.25) is 0 Å². The van der Waals surface area contributed by atoms with Crippen LogP contribution in [0.5, 0.6) is 5.75 Å². The van der Waals surface area contributed by atoms with Gasteiger partial charge in [-0.2, -0.15) is 0 Å². The normalized spacial score (nSPS) is 14.2. The van der Waals surface area contributed by atoms with Crippen molar-refractivity contribution in [2.45, 2.75) is 32.6 Å². The molecule has 0 spiro atoms. The molecule has 1 amide bonds. The second-order valence-electron chi connectivity index (χ2n) is 6.56. The van der Waals surface area contributed by atoms with Crippen molar-refractivity contribution in [3.05, 3.63) is 47.4 Å². The molecule has 1 aromatic heterocycles. The van der Waals surface area contributed by atoms with Gasteiger partial charge in [-0.3, -0.25) is 4.79 Å². The molecule has 0 unspecified atom stereocenters. The molecule has 1 aromatic carbocycles. The molecular weight excluding hydrogens is 328 g/mol. The minimum atomic E-state index is -0.151. The highest BCUT2D eigenvalue weighted by molar-refractivity contribution is 5.92. The van der Waals surface area contributed by atoms with Gasteiger partial charge in [-0.1, -0.05) is 12.1 Å². The van der Waals surface area contributed by atoms with Crippen LogP contribution in [-0.2, 0) is 6.42 Å². The highest BCUT2D eigenvalue weighted by Gasteiger charge is 2.16. The first-order valence-electron chi connectivity index (χ1n) is 9.17. The molecule has 1 aliphatic heterocycles. The van der Waals surface area contributed by atoms with Crippen molar-refractivity contribution in [1.82, 2.24) is 15.3 Å².